The lowest BCUT2D eigenvalue weighted by molar-refractivity contribution is 0.0342. The maximum atomic E-state index is 5.42. The summed E-state index contributed by atoms with van der Waals surface area (Å²) in [4.78, 5) is 2.45. The van der Waals surface area contributed by atoms with Gasteiger partial charge in [-0.25, -0.2) is 0 Å². The molecule has 2 aromatic rings. The highest BCUT2D eigenvalue weighted by Crippen LogP contribution is 2.18. The number of rotatable bonds is 5. The van der Waals surface area contributed by atoms with Crippen LogP contribution in [0.4, 0.5) is 5.69 Å². The van der Waals surface area contributed by atoms with E-state index in [1.54, 1.807) is 0 Å². The Balaban J connectivity index is 1.64. The van der Waals surface area contributed by atoms with E-state index in [1.807, 2.05) is 0 Å². The average molecular weight is 282 g/mol. The van der Waals surface area contributed by atoms with Crippen molar-refractivity contribution in [3.63, 3.8) is 0 Å². The van der Waals surface area contributed by atoms with Gasteiger partial charge in [-0.2, -0.15) is 0 Å². The van der Waals surface area contributed by atoms with Gasteiger partial charge in [0.1, 0.15) is 0 Å². The highest BCUT2D eigenvalue weighted by Gasteiger charge is 2.12. The first kappa shape index (κ1) is 14.1. The lowest BCUT2D eigenvalue weighted by Crippen LogP contribution is -2.35. The first-order chi connectivity index (χ1) is 10.4. The molecule has 1 aliphatic heterocycles. The van der Waals surface area contributed by atoms with Gasteiger partial charge in [0.15, 0.2) is 0 Å². The van der Waals surface area contributed by atoms with Gasteiger partial charge < -0.3 is 10.1 Å². The Bertz CT molecular complexity index is 550. The van der Waals surface area contributed by atoms with Crippen LogP contribution in [0.25, 0.3) is 0 Å². The Morgan fingerprint density at radius 1 is 0.905 bits per heavy atom. The average Bonchev–Trinajstić information content (AvgIpc) is 2.56. The second-order valence-corrected chi connectivity index (χ2v) is 5.38. The highest BCUT2D eigenvalue weighted by molar-refractivity contribution is 5.51. The molecule has 0 unspecified atom stereocenters. The van der Waals surface area contributed by atoms with E-state index in [0.717, 1.165) is 39.4 Å². The summed E-state index contributed by atoms with van der Waals surface area (Å²) < 4.78 is 5.42. The van der Waals surface area contributed by atoms with Crippen molar-refractivity contribution in [2.45, 2.75) is 13.1 Å². The van der Waals surface area contributed by atoms with Crippen LogP contribution in [0.2, 0.25) is 0 Å². The van der Waals surface area contributed by atoms with Crippen LogP contribution in [0.15, 0.2) is 54.6 Å². The van der Waals surface area contributed by atoms with Crippen molar-refractivity contribution in [2.24, 2.45) is 0 Å². The second kappa shape index (κ2) is 7.25. The molecule has 0 atom stereocenters. The van der Waals surface area contributed by atoms with Gasteiger partial charge >= 0.3 is 0 Å². The second-order valence-electron chi connectivity index (χ2n) is 5.38. The maximum absolute atomic E-state index is 5.42. The monoisotopic (exact) mass is 282 g/mol. The van der Waals surface area contributed by atoms with Crippen molar-refractivity contribution < 1.29 is 4.74 Å². The van der Waals surface area contributed by atoms with E-state index in [-0.39, 0.29) is 0 Å². The third kappa shape index (κ3) is 4.06. The molecule has 1 aliphatic rings. The number of para-hydroxylation sites is 1. The van der Waals surface area contributed by atoms with E-state index >= 15 is 0 Å². The molecule has 21 heavy (non-hydrogen) atoms. The Kier molecular flexibility index (Phi) is 4.87. The fraction of sp³-hybridized carbons (Fsp3) is 0.333. The molecular formula is C18H22N2O. The first-order valence-corrected chi connectivity index (χ1v) is 7.57. The van der Waals surface area contributed by atoms with Gasteiger partial charge in [0.05, 0.1) is 13.2 Å². The summed E-state index contributed by atoms with van der Waals surface area (Å²) in [5.41, 5.74) is 3.89. The lowest BCUT2D eigenvalue weighted by atomic mass is 10.1. The molecule has 3 rings (SSSR count). The quantitative estimate of drug-likeness (QED) is 0.912. The molecule has 1 heterocycles. The van der Waals surface area contributed by atoms with Crippen LogP contribution in [-0.4, -0.2) is 31.2 Å². The van der Waals surface area contributed by atoms with Gasteiger partial charge in [-0.05, 0) is 17.2 Å². The summed E-state index contributed by atoms with van der Waals surface area (Å²) in [6.45, 7) is 5.58. The Labute approximate surface area is 126 Å². The minimum Gasteiger partial charge on any atom is -0.381 e. The van der Waals surface area contributed by atoms with Crippen LogP contribution in [-0.2, 0) is 17.8 Å². The zero-order valence-electron chi connectivity index (χ0n) is 12.3. The van der Waals surface area contributed by atoms with Gasteiger partial charge in [0.2, 0.25) is 0 Å². The van der Waals surface area contributed by atoms with Crippen molar-refractivity contribution in [2.75, 3.05) is 31.6 Å². The standard InChI is InChI=1S/C18H22N2O/c1-2-6-16(7-3-1)14-19-18-9-5-4-8-17(18)15-20-10-12-21-13-11-20/h1-9,19H,10-15H2. The molecule has 0 saturated carbocycles. The Morgan fingerprint density at radius 3 is 2.43 bits per heavy atom. The number of ether oxygens (including phenoxy) is 1. The largest absolute Gasteiger partial charge is 0.381 e. The normalized spacial score (nSPS) is 15.8. The molecule has 0 radical (unpaired) electrons. The predicted octanol–water partition coefficient (Wildman–Crippen LogP) is 3.13. The molecule has 1 saturated heterocycles. The summed E-state index contributed by atoms with van der Waals surface area (Å²) in [6.07, 6.45) is 0. The Hall–Kier alpha value is -1.84. The SMILES string of the molecule is c1ccc(CNc2ccccc2CN2CCOCC2)cc1. The number of morpholine rings is 1. The van der Waals surface area contributed by atoms with Crippen LogP contribution in [0.1, 0.15) is 11.1 Å². The number of hydrogen-bond acceptors (Lipinski definition) is 3. The van der Waals surface area contributed by atoms with E-state index in [4.69, 9.17) is 4.74 Å². The van der Waals surface area contributed by atoms with Crippen molar-refractivity contribution in [3.8, 4) is 0 Å². The minimum atomic E-state index is 0.847. The molecule has 0 amide bonds. The maximum Gasteiger partial charge on any atom is 0.0594 e. The smallest absolute Gasteiger partial charge is 0.0594 e. The molecule has 0 aliphatic carbocycles. The van der Waals surface area contributed by atoms with Crippen LogP contribution >= 0.6 is 0 Å². The predicted molar refractivity (Wildman–Crippen MR) is 86.3 cm³/mol. The summed E-state index contributed by atoms with van der Waals surface area (Å²) in [5, 5.41) is 3.56. The van der Waals surface area contributed by atoms with Gasteiger partial charge in [-0.15, -0.1) is 0 Å². The first-order valence-electron chi connectivity index (χ1n) is 7.57. The highest BCUT2D eigenvalue weighted by atomic mass is 16.5. The summed E-state index contributed by atoms with van der Waals surface area (Å²) in [7, 11) is 0. The number of benzene rings is 2. The fourth-order valence-corrected chi connectivity index (χ4v) is 2.62. The third-order valence-corrected chi connectivity index (χ3v) is 3.84. The minimum absolute atomic E-state index is 0.847. The van der Waals surface area contributed by atoms with Crippen LogP contribution < -0.4 is 5.32 Å². The van der Waals surface area contributed by atoms with Crippen molar-refractivity contribution in [1.82, 2.24) is 4.90 Å². The van der Waals surface area contributed by atoms with Crippen molar-refractivity contribution in [1.29, 1.82) is 0 Å². The number of nitrogens with zero attached hydrogens (tertiary/aromatic N) is 1. The van der Waals surface area contributed by atoms with E-state index in [0.29, 0.717) is 0 Å². The van der Waals surface area contributed by atoms with Gasteiger partial charge in [-0.1, -0.05) is 48.5 Å². The molecule has 2 aromatic carbocycles. The van der Waals surface area contributed by atoms with Gasteiger partial charge in [0, 0.05) is 31.9 Å². The molecule has 0 aromatic heterocycles. The molecule has 0 spiro atoms. The molecule has 1 N–H and O–H groups in total. The van der Waals surface area contributed by atoms with E-state index in [1.165, 1.54) is 16.8 Å². The van der Waals surface area contributed by atoms with Crippen LogP contribution in [0.3, 0.4) is 0 Å². The van der Waals surface area contributed by atoms with Crippen LogP contribution in [0, 0.1) is 0 Å². The number of hydrogen-bond donors (Lipinski definition) is 1. The van der Waals surface area contributed by atoms with E-state index in [9.17, 15) is 0 Å². The van der Waals surface area contributed by atoms with E-state index in [2.05, 4.69) is 64.8 Å². The molecule has 1 fully saturated rings. The topological polar surface area (TPSA) is 24.5 Å². The zero-order chi connectivity index (χ0) is 14.3. The lowest BCUT2D eigenvalue weighted by Gasteiger charge is -2.27. The Morgan fingerprint density at radius 2 is 1.62 bits per heavy atom. The zero-order valence-corrected chi connectivity index (χ0v) is 12.3. The van der Waals surface area contributed by atoms with Crippen molar-refractivity contribution >= 4 is 5.69 Å². The molecule has 3 heteroatoms. The molecule has 3 nitrogen and oxygen atoms in total. The van der Waals surface area contributed by atoms with Crippen molar-refractivity contribution in [3.05, 3.63) is 65.7 Å². The van der Waals surface area contributed by atoms with E-state index < -0.39 is 0 Å². The van der Waals surface area contributed by atoms with Gasteiger partial charge in [0.25, 0.3) is 0 Å². The molecular weight excluding hydrogens is 260 g/mol. The summed E-state index contributed by atoms with van der Waals surface area (Å²) in [6, 6.07) is 19.1. The molecule has 0 bridgehead atoms. The van der Waals surface area contributed by atoms with Crippen LogP contribution in [0.5, 0.6) is 0 Å². The summed E-state index contributed by atoms with van der Waals surface area (Å²) in [5.74, 6) is 0. The fourth-order valence-electron chi connectivity index (χ4n) is 2.62. The number of anilines is 1. The number of nitrogens with one attached hydrogen (secondary N) is 1. The third-order valence-electron chi connectivity index (χ3n) is 3.84. The van der Waals surface area contributed by atoms with Gasteiger partial charge in [-0.3, -0.25) is 4.90 Å². The molecule has 110 valence electrons. The summed E-state index contributed by atoms with van der Waals surface area (Å²) >= 11 is 0.